The van der Waals surface area contributed by atoms with Crippen molar-refractivity contribution in [2.45, 2.75) is 88.7 Å². The molecule has 10 nitrogen and oxygen atoms in total. The second-order valence-corrected chi connectivity index (χ2v) is 13.2. The van der Waals surface area contributed by atoms with Gasteiger partial charge in [0.05, 0.1) is 46.4 Å². The first-order valence-electron chi connectivity index (χ1n) is 14.4. The quantitative estimate of drug-likeness (QED) is 0.221. The number of halogens is 4. The van der Waals surface area contributed by atoms with Gasteiger partial charge in [0.25, 0.3) is 5.91 Å². The van der Waals surface area contributed by atoms with Crippen molar-refractivity contribution in [1.82, 2.24) is 30.1 Å². The average molecular weight is 636 g/mol. The molecule has 3 aromatic heterocycles. The number of fused-ring (bicyclic) bond motifs is 3. The molecule has 4 unspecified atom stereocenters. The molecular weight excluding hydrogens is 602 g/mol. The molecule has 2 aliphatic heterocycles. The number of benzene rings is 1. The maximum atomic E-state index is 15.4. The minimum atomic E-state index is -4.50. The number of carbonyl (C=O) groups excluding carboxylic acids is 1. The number of piperidine rings is 1. The van der Waals surface area contributed by atoms with E-state index in [0.29, 0.717) is 22.2 Å². The highest BCUT2D eigenvalue weighted by Gasteiger charge is 2.46. The van der Waals surface area contributed by atoms with E-state index in [9.17, 15) is 23.1 Å². The number of nitrogens with zero attached hydrogens (tertiary/aromatic N) is 5. The normalized spacial score (nSPS) is 22.5. The Labute approximate surface area is 254 Å². The van der Waals surface area contributed by atoms with Crippen LogP contribution in [0.3, 0.4) is 0 Å². The van der Waals surface area contributed by atoms with Crippen molar-refractivity contribution < 1.29 is 32.0 Å². The van der Waals surface area contributed by atoms with E-state index in [1.165, 1.54) is 10.7 Å². The Morgan fingerprint density at radius 1 is 1.23 bits per heavy atom. The molecule has 44 heavy (non-hydrogen) atoms. The van der Waals surface area contributed by atoms with Crippen molar-refractivity contribution in [2.24, 2.45) is 0 Å². The van der Waals surface area contributed by atoms with Crippen molar-refractivity contribution >= 4 is 33.0 Å². The molecule has 6 rings (SSSR count). The fraction of sp³-hybridized carbons (Fsp3) is 0.517. The van der Waals surface area contributed by atoms with Crippen LogP contribution >= 0.6 is 11.3 Å². The fourth-order valence-electron chi connectivity index (χ4n) is 6.21. The number of nitrogens with one attached hydrogen (secondary N) is 2. The second-order valence-electron chi connectivity index (χ2n) is 12.2. The highest BCUT2D eigenvalue weighted by molar-refractivity contribution is 7.23. The molecule has 2 bridgehead atoms. The van der Waals surface area contributed by atoms with E-state index in [2.05, 4.69) is 30.8 Å². The lowest BCUT2D eigenvalue weighted by atomic mass is 9.95. The Morgan fingerprint density at radius 3 is 2.77 bits per heavy atom. The van der Waals surface area contributed by atoms with E-state index in [1.54, 1.807) is 38.2 Å². The molecule has 4 aromatic rings. The summed E-state index contributed by atoms with van der Waals surface area (Å²) in [6.45, 7) is 3.25. The number of aromatic nitrogens is 4. The second kappa shape index (κ2) is 11.4. The van der Waals surface area contributed by atoms with Gasteiger partial charge in [-0.1, -0.05) is 17.3 Å². The molecule has 5 heterocycles. The molecule has 1 amide bonds. The number of alkyl halides is 4. The molecule has 2 aliphatic rings. The summed E-state index contributed by atoms with van der Waals surface area (Å²) in [6.07, 6.45) is -2.92. The minimum Gasteiger partial charge on any atom is -0.389 e. The molecule has 2 saturated heterocycles. The van der Waals surface area contributed by atoms with Crippen LogP contribution in [0.1, 0.15) is 55.1 Å². The van der Waals surface area contributed by atoms with Gasteiger partial charge in [0.1, 0.15) is 11.9 Å². The number of hydrogen-bond acceptors (Lipinski definition) is 9. The number of aliphatic hydroxyl groups is 1. The van der Waals surface area contributed by atoms with Crippen LogP contribution in [0.4, 0.5) is 23.2 Å². The van der Waals surface area contributed by atoms with Gasteiger partial charge in [-0.3, -0.25) is 14.4 Å². The van der Waals surface area contributed by atoms with Crippen LogP contribution in [0.2, 0.25) is 0 Å². The SMILES string of the molecule is CN1C2CCC1C(F)C(Nc1cccc3c(CC(F)(F)F)c(-c4noc(CNC(=O)c5ccn(CC(C)(C)O)n5)n4)sc13)C2. The standard InChI is InChI=1S/C29H33F4N7O3S/c1-28(2,42)14-40-10-9-19(37-40)27(41)34-13-22-36-26(38-43-22)25-17(12-29(31,32)33)16-5-4-6-18(24(16)44-25)35-20-11-15-7-8-21(23(20)30)39(15)3/h4-6,9-10,15,20-21,23,35,42H,7-8,11-14H2,1-3H3,(H,34,41). The lowest BCUT2D eigenvalue weighted by Crippen LogP contribution is -2.53. The zero-order valence-electron chi connectivity index (χ0n) is 24.4. The monoisotopic (exact) mass is 635 g/mol. The Morgan fingerprint density at radius 2 is 2.02 bits per heavy atom. The van der Waals surface area contributed by atoms with Gasteiger partial charge in [-0.15, -0.1) is 11.3 Å². The summed E-state index contributed by atoms with van der Waals surface area (Å²) >= 11 is 1.09. The zero-order chi connectivity index (χ0) is 31.4. The van der Waals surface area contributed by atoms with Gasteiger partial charge in [-0.25, -0.2) is 4.39 Å². The molecular formula is C29H33F4N7O3S. The van der Waals surface area contributed by atoms with Crippen molar-refractivity contribution in [1.29, 1.82) is 0 Å². The third kappa shape index (κ3) is 6.31. The van der Waals surface area contributed by atoms with E-state index in [4.69, 9.17) is 4.52 Å². The lowest BCUT2D eigenvalue weighted by molar-refractivity contribution is -0.126. The molecule has 2 fully saturated rings. The van der Waals surface area contributed by atoms with Crippen LogP contribution in [0.5, 0.6) is 0 Å². The van der Waals surface area contributed by atoms with Crippen LogP contribution in [-0.2, 0) is 19.5 Å². The first kappa shape index (κ1) is 30.5. The van der Waals surface area contributed by atoms with Crippen LogP contribution in [0.25, 0.3) is 20.8 Å². The van der Waals surface area contributed by atoms with Gasteiger partial charge in [0, 0.05) is 18.3 Å². The largest absolute Gasteiger partial charge is 0.393 e. The molecule has 0 aliphatic carbocycles. The number of hydrogen-bond donors (Lipinski definition) is 3. The van der Waals surface area contributed by atoms with Crippen LogP contribution < -0.4 is 10.6 Å². The minimum absolute atomic E-state index is 0.000101. The molecule has 0 saturated carbocycles. The summed E-state index contributed by atoms with van der Waals surface area (Å²) in [5.41, 5.74) is -0.329. The van der Waals surface area contributed by atoms with Crippen molar-refractivity contribution in [3.63, 3.8) is 0 Å². The van der Waals surface area contributed by atoms with Crippen LogP contribution in [0, 0.1) is 0 Å². The van der Waals surface area contributed by atoms with Crippen LogP contribution in [0.15, 0.2) is 35.0 Å². The Hall–Kier alpha value is -3.56. The number of carbonyl (C=O) groups is 1. The van der Waals surface area contributed by atoms with Crippen molar-refractivity contribution in [2.75, 3.05) is 12.4 Å². The van der Waals surface area contributed by atoms with Gasteiger partial charge >= 0.3 is 6.18 Å². The molecule has 3 N–H and O–H groups in total. The average Bonchev–Trinajstić information content (AvgIpc) is 3.71. The highest BCUT2D eigenvalue weighted by Crippen LogP contribution is 2.45. The molecule has 236 valence electrons. The fourth-order valence-corrected chi connectivity index (χ4v) is 7.43. The number of rotatable bonds is 9. The van der Waals surface area contributed by atoms with Gasteiger partial charge < -0.3 is 20.3 Å². The summed E-state index contributed by atoms with van der Waals surface area (Å²) in [4.78, 5) is 19.2. The summed E-state index contributed by atoms with van der Waals surface area (Å²) in [5, 5.41) is 24.3. The summed E-state index contributed by atoms with van der Waals surface area (Å²) in [6, 6.07) is 6.17. The predicted molar refractivity (Wildman–Crippen MR) is 156 cm³/mol. The zero-order valence-corrected chi connectivity index (χ0v) is 25.2. The topological polar surface area (TPSA) is 121 Å². The predicted octanol–water partition coefficient (Wildman–Crippen LogP) is 4.94. The summed E-state index contributed by atoms with van der Waals surface area (Å²) < 4.78 is 64.0. The highest BCUT2D eigenvalue weighted by atomic mass is 32.1. The van der Waals surface area contributed by atoms with Crippen molar-refractivity contribution in [3.8, 4) is 10.7 Å². The molecule has 4 atom stereocenters. The number of anilines is 1. The van der Waals surface area contributed by atoms with E-state index in [0.717, 1.165) is 24.2 Å². The summed E-state index contributed by atoms with van der Waals surface area (Å²) in [7, 11) is 1.94. The smallest absolute Gasteiger partial charge is 0.389 e. The number of amides is 1. The Bertz CT molecular complexity index is 1660. The van der Waals surface area contributed by atoms with E-state index in [-0.39, 0.29) is 53.0 Å². The number of thiophene rings is 1. The van der Waals surface area contributed by atoms with E-state index >= 15 is 4.39 Å². The van der Waals surface area contributed by atoms with Gasteiger partial charge in [-0.05, 0) is 63.2 Å². The lowest BCUT2D eigenvalue weighted by Gasteiger charge is -2.39. The molecule has 15 heteroatoms. The molecule has 0 spiro atoms. The van der Waals surface area contributed by atoms with Crippen LogP contribution in [-0.4, -0.2) is 79.0 Å². The Kier molecular flexibility index (Phi) is 7.91. The maximum absolute atomic E-state index is 15.4. The molecule has 1 aromatic carbocycles. The van der Waals surface area contributed by atoms with E-state index in [1.807, 2.05) is 7.05 Å². The van der Waals surface area contributed by atoms with E-state index < -0.39 is 36.3 Å². The molecule has 0 radical (unpaired) electrons. The first-order valence-corrected chi connectivity index (χ1v) is 15.2. The van der Waals surface area contributed by atoms with Crippen molar-refractivity contribution in [3.05, 3.63) is 47.6 Å². The third-order valence-electron chi connectivity index (χ3n) is 8.20. The Balaban J connectivity index is 1.23. The third-order valence-corrected chi connectivity index (χ3v) is 9.48. The van der Waals surface area contributed by atoms with Gasteiger partial charge in [0.2, 0.25) is 11.7 Å². The summed E-state index contributed by atoms with van der Waals surface area (Å²) in [5.74, 6) is -0.556. The van der Waals surface area contributed by atoms with Gasteiger partial charge in [-0.2, -0.15) is 23.3 Å². The maximum Gasteiger partial charge on any atom is 0.393 e. The van der Waals surface area contributed by atoms with Gasteiger partial charge in [0.15, 0.2) is 0 Å². The first-order chi connectivity index (χ1) is 20.8.